The molecule has 0 radical (unpaired) electrons. The number of ketones is 1. The van der Waals surface area contributed by atoms with Crippen LogP contribution in [0, 0.1) is 6.92 Å². The van der Waals surface area contributed by atoms with Crippen molar-refractivity contribution in [2.24, 2.45) is 0 Å². The molecule has 2 aliphatic heterocycles. The van der Waals surface area contributed by atoms with Crippen molar-refractivity contribution in [1.82, 2.24) is 0 Å². The fourth-order valence-electron chi connectivity index (χ4n) is 4.26. The molecule has 6 nitrogen and oxygen atoms in total. The maximum absolute atomic E-state index is 13.2. The van der Waals surface area contributed by atoms with Gasteiger partial charge in [-0.05, 0) is 73.9 Å². The number of halogens is 1. The van der Waals surface area contributed by atoms with Gasteiger partial charge in [-0.3, -0.25) is 14.5 Å². The largest absolute Gasteiger partial charge is 0.507 e. The lowest BCUT2D eigenvalue weighted by Gasteiger charge is -2.23. The molecule has 1 aromatic heterocycles. The van der Waals surface area contributed by atoms with E-state index in [0.717, 1.165) is 24.2 Å². The monoisotopic (exact) mass is 449 g/mol. The molecule has 1 amide bonds. The molecule has 2 aromatic carbocycles. The number of hydrogen-bond acceptors (Lipinski definition) is 5. The molecule has 0 spiro atoms. The third kappa shape index (κ3) is 3.37. The van der Waals surface area contributed by atoms with E-state index in [2.05, 4.69) is 0 Å². The third-order valence-corrected chi connectivity index (χ3v) is 5.98. The lowest BCUT2D eigenvalue weighted by molar-refractivity contribution is -0.132. The van der Waals surface area contributed by atoms with Crippen molar-refractivity contribution in [2.75, 3.05) is 11.5 Å². The summed E-state index contributed by atoms with van der Waals surface area (Å²) >= 11 is 6.15. The molecule has 0 bridgehead atoms. The summed E-state index contributed by atoms with van der Waals surface area (Å²) in [4.78, 5) is 27.6. The maximum atomic E-state index is 13.2. The summed E-state index contributed by atoms with van der Waals surface area (Å²) in [6, 6.07) is 14.5. The molecule has 1 N–H and O–H groups in total. The van der Waals surface area contributed by atoms with E-state index in [1.54, 1.807) is 61.5 Å². The minimum absolute atomic E-state index is 0.0268. The second kappa shape index (κ2) is 7.88. The molecule has 0 aliphatic carbocycles. The molecule has 162 valence electrons. The average molecular weight is 450 g/mol. The Morgan fingerprint density at radius 2 is 1.97 bits per heavy atom. The number of Topliss-reactive ketones (excluding diaryl/α,β-unsaturated/α-hetero) is 1. The predicted molar refractivity (Wildman–Crippen MR) is 120 cm³/mol. The Balaban J connectivity index is 1.69. The minimum Gasteiger partial charge on any atom is -0.507 e. The van der Waals surface area contributed by atoms with Crippen LogP contribution in [-0.4, -0.2) is 23.4 Å². The molecule has 7 heteroatoms. The molecule has 1 unspecified atom stereocenters. The van der Waals surface area contributed by atoms with E-state index in [0.29, 0.717) is 34.4 Å². The van der Waals surface area contributed by atoms with Crippen LogP contribution in [0.1, 0.15) is 35.1 Å². The van der Waals surface area contributed by atoms with E-state index < -0.39 is 17.7 Å². The van der Waals surface area contributed by atoms with E-state index in [4.69, 9.17) is 20.8 Å². The molecule has 0 saturated carbocycles. The van der Waals surface area contributed by atoms with E-state index in [1.165, 1.54) is 4.90 Å². The Morgan fingerprint density at radius 3 is 2.72 bits per heavy atom. The van der Waals surface area contributed by atoms with Crippen molar-refractivity contribution >= 4 is 34.7 Å². The van der Waals surface area contributed by atoms with Gasteiger partial charge in [0, 0.05) is 16.3 Å². The number of nitrogens with zero attached hydrogens (tertiary/aromatic N) is 1. The van der Waals surface area contributed by atoms with Crippen LogP contribution in [0.3, 0.4) is 0 Å². The Hall–Kier alpha value is -3.51. The van der Waals surface area contributed by atoms with Crippen molar-refractivity contribution in [3.63, 3.8) is 0 Å². The molecule has 1 saturated heterocycles. The van der Waals surface area contributed by atoms with Gasteiger partial charge in [-0.25, -0.2) is 0 Å². The van der Waals surface area contributed by atoms with Crippen molar-refractivity contribution in [3.05, 3.63) is 87.8 Å². The number of rotatable bonds is 3. The number of hydrogen-bond donors (Lipinski definition) is 1. The molecule has 3 heterocycles. The van der Waals surface area contributed by atoms with Gasteiger partial charge >= 0.3 is 0 Å². The van der Waals surface area contributed by atoms with E-state index in [9.17, 15) is 14.7 Å². The highest BCUT2D eigenvalue weighted by atomic mass is 35.5. The first-order valence-corrected chi connectivity index (χ1v) is 10.7. The van der Waals surface area contributed by atoms with Crippen molar-refractivity contribution in [3.8, 4) is 5.75 Å². The summed E-state index contributed by atoms with van der Waals surface area (Å²) in [6.45, 7) is 2.43. The quantitative estimate of drug-likeness (QED) is 0.338. The lowest BCUT2D eigenvalue weighted by Crippen LogP contribution is -2.29. The van der Waals surface area contributed by atoms with Crippen LogP contribution >= 0.6 is 11.6 Å². The van der Waals surface area contributed by atoms with E-state index in [-0.39, 0.29) is 11.3 Å². The van der Waals surface area contributed by atoms with Crippen molar-refractivity contribution < 1.29 is 23.8 Å². The lowest BCUT2D eigenvalue weighted by atomic mass is 9.96. The van der Waals surface area contributed by atoms with Crippen LogP contribution in [0.2, 0.25) is 5.02 Å². The number of carbonyl (C=O) groups is 2. The number of aryl methyl sites for hydroxylation is 2. The molecule has 1 fully saturated rings. The molecule has 2 aliphatic rings. The summed E-state index contributed by atoms with van der Waals surface area (Å²) in [5.74, 6) is -0.0116. The highest BCUT2D eigenvalue weighted by molar-refractivity contribution is 6.51. The first-order valence-electron chi connectivity index (χ1n) is 10.3. The number of benzene rings is 2. The number of aliphatic hydroxyl groups excluding tert-OH is 1. The SMILES string of the molecule is Cc1ccc(C2/C(=C(/O)c3ccc4c(c3)CCCO4)C(=O)C(=O)N2c2cccc(Cl)c2)o1. The van der Waals surface area contributed by atoms with Gasteiger partial charge in [-0.15, -0.1) is 0 Å². The Kier molecular flexibility index (Phi) is 5.02. The summed E-state index contributed by atoms with van der Waals surface area (Å²) in [5.41, 5.74) is 1.82. The van der Waals surface area contributed by atoms with Crippen LogP contribution in [0.25, 0.3) is 5.76 Å². The second-order valence-corrected chi connectivity index (χ2v) is 8.31. The van der Waals surface area contributed by atoms with Crippen LogP contribution in [0.4, 0.5) is 5.69 Å². The molecule has 3 aromatic rings. The fraction of sp³-hybridized carbons (Fsp3) is 0.200. The van der Waals surface area contributed by atoms with Crippen LogP contribution in [0.5, 0.6) is 5.75 Å². The zero-order valence-corrected chi connectivity index (χ0v) is 18.1. The summed E-state index contributed by atoms with van der Waals surface area (Å²) in [6.07, 6.45) is 1.69. The first kappa shape index (κ1) is 20.4. The maximum Gasteiger partial charge on any atom is 0.300 e. The van der Waals surface area contributed by atoms with Crippen molar-refractivity contribution in [2.45, 2.75) is 25.8 Å². The molecule has 5 rings (SSSR count). The highest BCUT2D eigenvalue weighted by Gasteiger charge is 2.48. The number of ether oxygens (including phenoxy) is 1. The van der Waals surface area contributed by atoms with Crippen LogP contribution in [-0.2, 0) is 16.0 Å². The minimum atomic E-state index is -0.922. The van der Waals surface area contributed by atoms with Gasteiger partial charge < -0.3 is 14.3 Å². The fourth-order valence-corrected chi connectivity index (χ4v) is 4.44. The van der Waals surface area contributed by atoms with Gasteiger partial charge in [0.2, 0.25) is 0 Å². The van der Waals surface area contributed by atoms with E-state index in [1.807, 2.05) is 0 Å². The summed E-state index contributed by atoms with van der Waals surface area (Å²) < 4.78 is 11.5. The zero-order valence-electron chi connectivity index (χ0n) is 17.3. The summed E-state index contributed by atoms with van der Waals surface area (Å²) in [7, 11) is 0. The number of amides is 1. The van der Waals surface area contributed by atoms with Crippen LogP contribution in [0.15, 0.2) is 64.6 Å². The number of carbonyl (C=O) groups excluding carboxylic acids is 2. The standard InChI is InChI=1S/C25H20ClNO5/c1-14-7-9-20(32-14)22-21(23(28)16-8-10-19-15(12-16)4-3-11-31-19)24(29)25(30)27(22)18-6-2-5-17(26)13-18/h2,5-10,12-13,22,28H,3-4,11H2,1H3/b23-21-. The first-order chi connectivity index (χ1) is 15.4. The number of furan rings is 1. The van der Waals surface area contributed by atoms with Gasteiger partial charge in [0.1, 0.15) is 29.1 Å². The van der Waals surface area contributed by atoms with Gasteiger partial charge in [0.05, 0.1) is 12.2 Å². The van der Waals surface area contributed by atoms with Gasteiger partial charge in [-0.1, -0.05) is 17.7 Å². The number of anilines is 1. The Labute approximate surface area is 189 Å². The molecular weight excluding hydrogens is 430 g/mol. The van der Waals surface area contributed by atoms with Gasteiger partial charge in [0.15, 0.2) is 0 Å². The molecule has 1 atom stereocenters. The van der Waals surface area contributed by atoms with Crippen LogP contribution < -0.4 is 9.64 Å². The third-order valence-electron chi connectivity index (χ3n) is 5.74. The normalized spacial score (nSPS) is 19.7. The van der Waals surface area contributed by atoms with E-state index >= 15 is 0 Å². The highest BCUT2D eigenvalue weighted by Crippen LogP contribution is 2.43. The topological polar surface area (TPSA) is 80.0 Å². The molecule has 32 heavy (non-hydrogen) atoms. The average Bonchev–Trinajstić information content (AvgIpc) is 3.33. The number of fused-ring (bicyclic) bond motifs is 1. The summed E-state index contributed by atoms with van der Waals surface area (Å²) in [5, 5.41) is 11.7. The van der Waals surface area contributed by atoms with Crippen molar-refractivity contribution in [1.29, 1.82) is 0 Å². The Bertz CT molecular complexity index is 1270. The van der Waals surface area contributed by atoms with Gasteiger partial charge in [0.25, 0.3) is 11.7 Å². The van der Waals surface area contributed by atoms with Gasteiger partial charge in [-0.2, -0.15) is 0 Å². The zero-order chi connectivity index (χ0) is 22.4. The smallest absolute Gasteiger partial charge is 0.300 e. The molecular formula is C25H20ClNO5. The number of aliphatic hydroxyl groups is 1. The Morgan fingerprint density at radius 1 is 1.12 bits per heavy atom. The predicted octanol–water partition coefficient (Wildman–Crippen LogP) is 5.19. The second-order valence-electron chi connectivity index (χ2n) is 7.87.